The molecular formula is C17H22N4O2S. The Morgan fingerprint density at radius 2 is 2.00 bits per heavy atom. The molecular weight excluding hydrogens is 324 g/mol. The third-order valence-corrected chi connectivity index (χ3v) is 4.70. The molecule has 0 spiro atoms. The molecule has 2 aromatic rings. The van der Waals surface area contributed by atoms with Gasteiger partial charge < -0.3 is 15.0 Å². The molecule has 0 radical (unpaired) electrons. The van der Waals surface area contributed by atoms with Crippen LogP contribution in [-0.4, -0.2) is 61.7 Å². The van der Waals surface area contributed by atoms with Crippen molar-refractivity contribution in [2.75, 3.05) is 50.8 Å². The molecule has 0 bridgehead atoms. The topological polar surface area (TPSA) is 57.7 Å². The first-order chi connectivity index (χ1) is 11.8. The molecule has 6 nitrogen and oxygen atoms in total. The van der Waals surface area contributed by atoms with E-state index in [2.05, 4.69) is 20.1 Å². The number of hydrogen-bond donors (Lipinski definition) is 1. The molecule has 0 atom stereocenters. The normalized spacial score (nSPS) is 15.2. The maximum Gasteiger partial charge on any atom is 0.234 e. The standard InChI is InChI=1S/C17H22N4O2S/c22-16(18-6-12-23-15-4-2-1-3-5-15)14-20-8-10-21(11-9-20)17-19-7-13-24-17/h1-5,7,13H,6,8-12,14H2,(H,18,22). The van der Waals surface area contributed by atoms with Crippen molar-refractivity contribution >= 4 is 22.4 Å². The first kappa shape index (κ1) is 16.7. The number of ether oxygens (including phenoxy) is 1. The van der Waals surface area contributed by atoms with Crippen molar-refractivity contribution in [2.24, 2.45) is 0 Å². The molecule has 1 aromatic heterocycles. The summed E-state index contributed by atoms with van der Waals surface area (Å²) in [6.07, 6.45) is 1.83. The lowest BCUT2D eigenvalue weighted by Crippen LogP contribution is -2.49. The molecule has 1 aromatic carbocycles. The highest BCUT2D eigenvalue weighted by Crippen LogP contribution is 2.18. The highest BCUT2D eigenvalue weighted by atomic mass is 32.1. The maximum atomic E-state index is 12.0. The number of piperazine rings is 1. The lowest BCUT2D eigenvalue weighted by atomic mass is 10.3. The molecule has 0 aliphatic carbocycles. The van der Waals surface area contributed by atoms with E-state index in [1.54, 1.807) is 11.3 Å². The summed E-state index contributed by atoms with van der Waals surface area (Å²) in [5.41, 5.74) is 0. The number of amides is 1. The number of hydrogen-bond acceptors (Lipinski definition) is 6. The van der Waals surface area contributed by atoms with Gasteiger partial charge in [-0.25, -0.2) is 4.98 Å². The summed E-state index contributed by atoms with van der Waals surface area (Å²) in [7, 11) is 0. The molecule has 128 valence electrons. The average Bonchev–Trinajstić information content (AvgIpc) is 3.15. The second kappa shape index (κ2) is 8.65. The molecule has 1 saturated heterocycles. The number of nitrogens with zero attached hydrogens (tertiary/aromatic N) is 3. The molecule has 0 unspecified atom stereocenters. The van der Waals surface area contributed by atoms with Crippen LogP contribution in [0.15, 0.2) is 41.9 Å². The fraction of sp³-hybridized carbons (Fsp3) is 0.412. The fourth-order valence-electron chi connectivity index (χ4n) is 2.60. The van der Waals surface area contributed by atoms with Gasteiger partial charge in [0.1, 0.15) is 12.4 Å². The van der Waals surface area contributed by atoms with Crippen molar-refractivity contribution in [3.8, 4) is 5.75 Å². The highest BCUT2D eigenvalue weighted by molar-refractivity contribution is 7.13. The predicted octanol–water partition coefficient (Wildman–Crippen LogP) is 1.46. The lowest BCUT2D eigenvalue weighted by Gasteiger charge is -2.34. The van der Waals surface area contributed by atoms with E-state index in [9.17, 15) is 4.79 Å². The van der Waals surface area contributed by atoms with Gasteiger partial charge in [0.25, 0.3) is 0 Å². The molecule has 1 aliphatic rings. The summed E-state index contributed by atoms with van der Waals surface area (Å²) in [5, 5.41) is 5.97. The van der Waals surface area contributed by atoms with E-state index >= 15 is 0 Å². The summed E-state index contributed by atoms with van der Waals surface area (Å²) in [5.74, 6) is 0.874. The van der Waals surface area contributed by atoms with Gasteiger partial charge in [-0.2, -0.15) is 0 Å². The van der Waals surface area contributed by atoms with Gasteiger partial charge in [-0.3, -0.25) is 9.69 Å². The van der Waals surface area contributed by atoms with Crippen LogP contribution in [0.2, 0.25) is 0 Å². The van der Waals surface area contributed by atoms with Crippen LogP contribution in [-0.2, 0) is 4.79 Å². The molecule has 1 aliphatic heterocycles. The van der Waals surface area contributed by atoms with E-state index in [-0.39, 0.29) is 5.91 Å². The Balaban J connectivity index is 1.30. The molecule has 0 saturated carbocycles. The van der Waals surface area contributed by atoms with Crippen LogP contribution in [0, 0.1) is 0 Å². The van der Waals surface area contributed by atoms with Crippen molar-refractivity contribution in [1.82, 2.24) is 15.2 Å². The monoisotopic (exact) mass is 346 g/mol. The van der Waals surface area contributed by atoms with Crippen LogP contribution in [0.5, 0.6) is 5.75 Å². The molecule has 24 heavy (non-hydrogen) atoms. The zero-order chi connectivity index (χ0) is 16.6. The summed E-state index contributed by atoms with van der Waals surface area (Å²) in [6.45, 7) is 5.04. The third kappa shape index (κ3) is 4.94. The largest absolute Gasteiger partial charge is 0.492 e. The molecule has 2 heterocycles. The maximum absolute atomic E-state index is 12.0. The minimum absolute atomic E-state index is 0.0503. The number of carbonyl (C=O) groups is 1. The predicted molar refractivity (Wildman–Crippen MR) is 95.7 cm³/mol. The van der Waals surface area contributed by atoms with Crippen molar-refractivity contribution < 1.29 is 9.53 Å². The van der Waals surface area contributed by atoms with Crippen LogP contribution in [0.25, 0.3) is 0 Å². The third-order valence-electron chi connectivity index (χ3n) is 3.87. The van der Waals surface area contributed by atoms with Gasteiger partial charge in [0.2, 0.25) is 5.91 Å². The average molecular weight is 346 g/mol. The van der Waals surface area contributed by atoms with Gasteiger partial charge >= 0.3 is 0 Å². The number of anilines is 1. The zero-order valence-corrected chi connectivity index (χ0v) is 14.4. The van der Waals surface area contributed by atoms with Gasteiger partial charge in [-0.05, 0) is 12.1 Å². The smallest absolute Gasteiger partial charge is 0.234 e. The first-order valence-corrected chi connectivity index (χ1v) is 9.00. The number of rotatable bonds is 7. The van der Waals surface area contributed by atoms with E-state index in [1.807, 2.05) is 41.9 Å². The van der Waals surface area contributed by atoms with Crippen LogP contribution in [0.4, 0.5) is 5.13 Å². The molecule has 1 amide bonds. The fourth-order valence-corrected chi connectivity index (χ4v) is 3.30. The summed E-state index contributed by atoms with van der Waals surface area (Å²) >= 11 is 1.66. The van der Waals surface area contributed by atoms with E-state index in [0.717, 1.165) is 37.1 Å². The zero-order valence-electron chi connectivity index (χ0n) is 13.6. The second-order valence-electron chi connectivity index (χ2n) is 5.59. The number of para-hydroxylation sites is 1. The summed E-state index contributed by atoms with van der Waals surface area (Å²) in [4.78, 5) is 20.8. The van der Waals surface area contributed by atoms with E-state index in [4.69, 9.17) is 4.74 Å². The van der Waals surface area contributed by atoms with Gasteiger partial charge in [0.15, 0.2) is 5.13 Å². The van der Waals surface area contributed by atoms with Crippen LogP contribution < -0.4 is 15.0 Å². The molecule has 7 heteroatoms. The van der Waals surface area contributed by atoms with Crippen molar-refractivity contribution in [3.05, 3.63) is 41.9 Å². The highest BCUT2D eigenvalue weighted by Gasteiger charge is 2.20. The van der Waals surface area contributed by atoms with Crippen LogP contribution in [0.3, 0.4) is 0 Å². The summed E-state index contributed by atoms with van der Waals surface area (Å²) in [6, 6.07) is 9.62. The Kier molecular flexibility index (Phi) is 6.03. The quantitative estimate of drug-likeness (QED) is 0.769. The Morgan fingerprint density at radius 3 is 2.71 bits per heavy atom. The number of thiazole rings is 1. The first-order valence-electron chi connectivity index (χ1n) is 8.12. The Bertz CT molecular complexity index is 613. The summed E-state index contributed by atoms with van der Waals surface area (Å²) < 4.78 is 5.56. The van der Waals surface area contributed by atoms with Gasteiger partial charge in [-0.15, -0.1) is 11.3 Å². The minimum Gasteiger partial charge on any atom is -0.492 e. The molecule has 3 rings (SSSR count). The second-order valence-corrected chi connectivity index (χ2v) is 6.46. The Labute approximate surface area is 146 Å². The number of carbonyl (C=O) groups excluding carboxylic acids is 1. The lowest BCUT2D eigenvalue weighted by molar-refractivity contribution is -0.122. The molecule has 1 N–H and O–H groups in total. The van der Waals surface area contributed by atoms with Gasteiger partial charge in [0, 0.05) is 37.8 Å². The van der Waals surface area contributed by atoms with Gasteiger partial charge in [-0.1, -0.05) is 18.2 Å². The van der Waals surface area contributed by atoms with Crippen molar-refractivity contribution in [3.63, 3.8) is 0 Å². The SMILES string of the molecule is O=C(CN1CCN(c2nccs2)CC1)NCCOc1ccccc1. The van der Waals surface area contributed by atoms with Gasteiger partial charge in [0.05, 0.1) is 13.1 Å². The number of aromatic nitrogens is 1. The molecule has 1 fully saturated rings. The number of nitrogens with one attached hydrogen (secondary N) is 1. The van der Waals surface area contributed by atoms with Crippen molar-refractivity contribution in [1.29, 1.82) is 0 Å². The Hall–Kier alpha value is -2.12. The Morgan fingerprint density at radius 1 is 1.21 bits per heavy atom. The minimum atomic E-state index is 0.0503. The van der Waals surface area contributed by atoms with Crippen LogP contribution in [0.1, 0.15) is 0 Å². The van der Waals surface area contributed by atoms with E-state index in [0.29, 0.717) is 19.7 Å². The van der Waals surface area contributed by atoms with E-state index in [1.165, 1.54) is 0 Å². The van der Waals surface area contributed by atoms with Crippen molar-refractivity contribution in [2.45, 2.75) is 0 Å². The number of benzene rings is 1. The van der Waals surface area contributed by atoms with Crippen LogP contribution >= 0.6 is 11.3 Å². The van der Waals surface area contributed by atoms with E-state index < -0.39 is 0 Å².